The minimum atomic E-state index is -0.257. The predicted molar refractivity (Wildman–Crippen MR) is 292 cm³/mol. The third-order valence-corrected chi connectivity index (χ3v) is 18.5. The normalized spacial score (nSPS) is 17.1. The molecule has 3 nitrogen and oxygen atoms in total. The van der Waals surface area contributed by atoms with Crippen molar-refractivity contribution in [1.82, 2.24) is 4.57 Å². The van der Waals surface area contributed by atoms with E-state index in [1.165, 1.54) is 126 Å². The minimum absolute atomic E-state index is 0.0210. The van der Waals surface area contributed by atoms with Crippen molar-refractivity contribution in [3.05, 3.63) is 161 Å². The number of rotatable bonds is 1. The zero-order valence-electron chi connectivity index (χ0n) is 40.4. The van der Waals surface area contributed by atoms with Gasteiger partial charge in [0, 0.05) is 69.8 Å². The molecule has 0 saturated carbocycles. The van der Waals surface area contributed by atoms with Crippen LogP contribution in [0.25, 0.3) is 91.9 Å². The lowest BCUT2D eigenvalue weighted by atomic mass is 9.43. The van der Waals surface area contributed by atoms with E-state index in [0.717, 1.165) is 28.4 Å². The van der Waals surface area contributed by atoms with E-state index in [1.807, 2.05) is 11.3 Å². The topological polar surface area (TPSA) is 21.3 Å². The standard InChI is InChI=1S/C63H53BN2OS/c1-60(2,3)34-22-24-35(25-23-34)66-48-30-40-37-17-12-15-21-52(37)68-53(40)31-42(48)55-54-38-18-10-13-19-43(38)63(8,9)57(54)56-41-28-44-45(62(6,7)27-26-61(44,4)5)32-47(41)65-49-29-39-36-16-11-14-20-50(36)67-51(39)33-46(49)64(66)58(55)59(56)65/h10-25,28-33H,26-27H2,1-9H3. The van der Waals surface area contributed by atoms with Gasteiger partial charge in [-0.1, -0.05) is 135 Å². The van der Waals surface area contributed by atoms with Gasteiger partial charge in [0.1, 0.15) is 11.2 Å². The van der Waals surface area contributed by atoms with E-state index in [9.17, 15) is 0 Å². The summed E-state index contributed by atoms with van der Waals surface area (Å²) >= 11 is 1.92. The zero-order chi connectivity index (χ0) is 46.1. The molecule has 11 aromatic rings. The van der Waals surface area contributed by atoms with Crippen molar-refractivity contribution in [1.29, 1.82) is 0 Å². The molecule has 330 valence electrons. The summed E-state index contributed by atoms with van der Waals surface area (Å²) in [7, 11) is 0. The number of nitrogens with zero attached hydrogens (tertiary/aromatic N) is 2. The maximum absolute atomic E-state index is 6.89. The molecule has 5 heterocycles. The fourth-order valence-electron chi connectivity index (χ4n) is 13.8. The van der Waals surface area contributed by atoms with Crippen molar-refractivity contribution in [2.45, 2.75) is 96.8 Å². The number of anilines is 2. The monoisotopic (exact) mass is 896 g/mol. The molecule has 0 fully saturated rings. The number of aromatic nitrogens is 1. The molecule has 15 rings (SSSR count). The number of furan rings is 1. The largest absolute Gasteiger partial charge is 0.456 e. The molecule has 0 radical (unpaired) electrons. The van der Waals surface area contributed by atoms with Crippen LogP contribution in [0, 0.1) is 0 Å². The van der Waals surface area contributed by atoms with E-state index in [0.29, 0.717) is 0 Å². The summed E-state index contributed by atoms with van der Waals surface area (Å²) in [5, 5.41) is 7.75. The molecule has 0 bridgehead atoms. The van der Waals surface area contributed by atoms with Gasteiger partial charge >= 0.3 is 6.85 Å². The highest BCUT2D eigenvalue weighted by atomic mass is 32.1. The molecule has 0 saturated heterocycles. The lowest BCUT2D eigenvalue weighted by Crippen LogP contribution is -2.60. The van der Waals surface area contributed by atoms with Gasteiger partial charge in [-0.15, -0.1) is 11.3 Å². The van der Waals surface area contributed by atoms with E-state index >= 15 is 0 Å². The van der Waals surface area contributed by atoms with Gasteiger partial charge in [0.2, 0.25) is 0 Å². The van der Waals surface area contributed by atoms with Gasteiger partial charge in [-0.3, -0.25) is 0 Å². The average molecular weight is 897 g/mol. The summed E-state index contributed by atoms with van der Waals surface area (Å²) in [4.78, 5) is 2.72. The molecule has 4 aliphatic rings. The first-order valence-electron chi connectivity index (χ1n) is 24.7. The smallest absolute Gasteiger partial charge is 0.333 e. The molecule has 68 heavy (non-hydrogen) atoms. The zero-order valence-corrected chi connectivity index (χ0v) is 41.2. The molecule has 8 aromatic carbocycles. The number of hydrogen-bond acceptors (Lipinski definition) is 3. The Balaban J connectivity index is 1.21. The Labute approximate surface area is 402 Å². The lowest BCUT2D eigenvalue weighted by molar-refractivity contribution is 0.332. The molecule has 2 aliphatic carbocycles. The SMILES string of the molecule is CC(C)(C)c1ccc(N2B3c4cc5oc6ccccc6c5cc4-n4c5cc6c(cc5c5c7c(c(c3c54)-c3cc4sc5ccccc5c4cc32)-c2ccccc2C7(C)C)C(C)(C)CCC6(C)C)cc1. The van der Waals surface area contributed by atoms with Crippen LogP contribution in [-0.4, -0.2) is 11.4 Å². The molecular formula is C63H53BN2OS. The van der Waals surface area contributed by atoms with Crippen molar-refractivity contribution >= 4 is 104 Å². The van der Waals surface area contributed by atoms with Gasteiger partial charge < -0.3 is 13.8 Å². The summed E-state index contributed by atoms with van der Waals surface area (Å²) in [6.45, 7) is 21.7. The summed E-state index contributed by atoms with van der Waals surface area (Å²) in [5.74, 6) is 0. The Bertz CT molecular complexity index is 4110. The highest BCUT2D eigenvalue weighted by Crippen LogP contribution is 2.60. The second kappa shape index (κ2) is 12.6. The van der Waals surface area contributed by atoms with E-state index < -0.39 is 0 Å². The Morgan fingerprint density at radius 3 is 2.04 bits per heavy atom. The average Bonchev–Trinajstić information content (AvgIpc) is 4.04. The third-order valence-electron chi connectivity index (χ3n) is 17.3. The summed E-state index contributed by atoms with van der Waals surface area (Å²) in [5.41, 5.74) is 23.4. The van der Waals surface area contributed by atoms with Crippen LogP contribution in [0.3, 0.4) is 0 Å². The van der Waals surface area contributed by atoms with Crippen LogP contribution < -0.4 is 15.7 Å². The number of benzene rings is 8. The molecular weight excluding hydrogens is 844 g/mol. The van der Waals surface area contributed by atoms with Gasteiger partial charge in [-0.25, -0.2) is 0 Å². The molecule has 0 unspecified atom stereocenters. The molecule has 0 N–H and O–H groups in total. The molecule has 2 aliphatic heterocycles. The number of fused-ring (bicyclic) bond motifs is 20. The van der Waals surface area contributed by atoms with Crippen LogP contribution in [0.15, 0.2) is 138 Å². The lowest BCUT2D eigenvalue weighted by Gasteiger charge is -2.43. The Morgan fingerprint density at radius 1 is 0.574 bits per heavy atom. The molecule has 3 aromatic heterocycles. The van der Waals surface area contributed by atoms with Crippen LogP contribution in [-0.2, 0) is 21.7 Å². The summed E-state index contributed by atoms with van der Waals surface area (Å²) in [6, 6.07) is 51.8. The quantitative estimate of drug-likeness (QED) is 0.153. The van der Waals surface area contributed by atoms with Crippen molar-refractivity contribution in [2.24, 2.45) is 0 Å². The molecule has 0 amide bonds. The summed E-state index contributed by atoms with van der Waals surface area (Å²) < 4.78 is 12.3. The Hall–Kier alpha value is -6.56. The molecule has 5 heteroatoms. The number of para-hydroxylation sites is 1. The first-order valence-corrected chi connectivity index (χ1v) is 25.6. The fraction of sp³-hybridized carbons (Fsp3) is 0.238. The molecule has 0 atom stereocenters. The fourth-order valence-corrected chi connectivity index (χ4v) is 14.9. The minimum Gasteiger partial charge on any atom is -0.456 e. The predicted octanol–water partition coefficient (Wildman–Crippen LogP) is 16.2. The first-order chi connectivity index (χ1) is 32.6. The second-order valence-electron chi connectivity index (χ2n) is 23.5. The van der Waals surface area contributed by atoms with Gasteiger partial charge in [0.05, 0.1) is 11.0 Å². The van der Waals surface area contributed by atoms with Crippen molar-refractivity contribution in [2.75, 3.05) is 4.81 Å². The van der Waals surface area contributed by atoms with E-state index in [2.05, 4.69) is 205 Å². The maximum atomic E-state index is 6.89. The van der Waals surface area contributed by atoms with Crippen molar-refractivity contribution < 1.29 is 4.42 Å². The number of thiophene rings is 1. The number of hydrogen-bond donors (Lipinski definition) is 0. The highest BCUT2D eigenvalue weighted by Gasteiger charge is 2.51. The van der Waals surface area contributed by atoms with E-state index in [4.69, 9.17) is 4.42 Å². The van der Waals surface area contributed by atoms with Gasteiger partial charge in [0.15, 0.2) is 0 Å². The van der Waals surface area contributed by atoms with Gasteiger partial charge in [-0.05, 0) is 145 Å². The molecule has 0 spiro atoms. The van der Waals surface area contributed by atoms with Crippen LogP contribution in [0.4, 0.5) is 11.4 Å². The van der Waals surface area contributed by atoms with E-state index in [1.54, 1.807) is 0 Å². The Kier molecular flexibility index (Phi) is 7.28. The first kappa shape index (κ1) is 39.4. The van der Waals surface area contributed by atoms with Gasteiger partial charge in [0.25, 0.3) is 0 Å². The van der Waals surface area contributed by atoms with Crippen LogP contribution in [0.5, 0.6) is 0 Å². The van der Waals surface area contributed by atoms with Crippen LogP contribution >= 0.6 is 11.3 Å². The van der Waals surface area contributed by atoms with Crippen molar-refractivity contribution in [3.8, 4) is 27.9 Å². The third kappa shape index (κ3) is 4.81. The van der Waals surface area contributed by atoms with Crippen molar-refractivity contribution in [3.63, 3.8) is 0 Å². The van der Waals surface area contributed by atoms with Crippen LogP contribution in [0.2, 0.25) is 0 Å². The highest BCUT2D eigenvalue weighted by molar-refractivity contribution is 7.25. The second-order valence-corrected chi connectivity index (χ2v) is 24.6. The summed E-state index contributed by atoms with van der Waals surface area (Å²) in [6.07, 6.45) is 2.34. The van der Waals surface area contributed by atoms with Crippen LogP contribution in [0.1, 0.15) is 103 Å². The van der Waals surface area contributed by atoms with E-state index in [-0.39, 0.29) is 28.5 Å². The maximum Gasteiger partial charge on any atom is 0.333 e. The Morgan fingerprint density at radius 2 is 1.26 bits per heavy atom. The van der Waals surface area contributed by atoms with Gasteiger partial charge in [-0.2, -0.15) is 0 Å².